The Balaban J connectivity index is 1.74. The summed E-state index contributed by atoms with van der Waals surface area (Å²) in [6, 6.07) is 11.2. The average molecular weight is 420 g/mol. The molecule has 2 aromatic rings. The quantitative estimate of drug-likeness (QED) is 0.205. The molecule has 1 unspecified atom stereocenters. The number of hydrogen-bond donors (Lipinski definition) is 4. The molecule has 5 N–H and O–H groups in total. The third-order valence-corrected chi connectivity index (χ3v) is 4.38. The fourth-order valence-corrected chi connectivity index (χ4v) is 2.68. The summed E-state index contributed by atoms with van der Waals surface area (Å²) in [6.07, 6.45) is 1.13. The minimum absolute atomic E-state index is 0.199. The molecule has 30 heavy (non-hydrogen) atoms. The Kier molecular flexibility index (Phi) is 9.75. The van der Waals surface area contributed by atoms with Crippen LogP contribution in [0.15, 0.2) is 36.4 Å². The summed E-state index contributed by atoms with van der Waals surface area (Å²) in [5, 5.41) is 21.4. The first-order chi connectivity index (χ1) is 14.4. The maximum Gasteiger partial charge on any atom is 0.233 e. The van der Waals surface area contributed by atoms with Gasteiger partial charge in [0.05, 0.1) is 0 Å². The van der Waals surface area contributed by atoms with Gasteiger partial charge in [-0.05, 0) is 44.4 Å². The van der Waals surface area contributed by atoms with Gasteiger partial charge in [0, 0.05) is 31.9 Å². The van der Waals surface area contributed by atoms with Gasteiger partial charge in [0.2, 0.25) is 5.88 Å². The van der Waals surface area contributed by atoms with E-state index in [1.807, 2.05) is 38.1 Å². The van der Waals surface area contributed by atoms with Crippen LogP contribution in [0.2, 0.25) is 0 Å². The lowest BCUT2D eigenvalue weighted by Crippen LogP contribution is -2.48. The number of aryl methyl sites for hydroxylation is 1. The molecule has 0 radical (unpaired) electrons. The number of ether oxygens (including phenoxy) is 3. The molecular formula is C21H33N5O4. The number of benzene rings is 1. The number of anilines is 1. The Morgan fingerprint density at radius 3 is 2.63 bits per heavy atom. The van der Waals surface area contributed by atoms with Crippen LogP contribution in [0.4, 0.5) is 5.82 Å². The van der Waals surface area contributed by atoms with Crippen molar-refractivity contribution in [1.29, 1.82) is 0 Å². The minimum atomic E-state index is -0.661. The van der Waals surface area contributed by atoms with Gasteiger partial charge in [-0.1, -0.05) is 18.2 Å². The number of aromatic nitrogens is 2. The minimum Gasteiger partial charge on any atom is -0.491 e. The van der Waals surface area contributed by atoms with E-state index in [4.69, 9.17) is 20.1 Å². The molecule has 2 rings (SSSR count). The number of aliphatic hydroxyl groups excluding tert-OH is 1. The number of hydrazine groups is 1. The third-order valence-electron chi connectivity index (χ3n) is 4.38. The van der Waals surface area contributed by atoms with Crippen molar-refractivity contribution in [2.45, 2.75) is 38.3 Å². The molecular weight excluding hydrogens is 386 g/mol. The van der Waals surface area contributed by atoms with Gasteiger partial charge in [0.25, 0.3) is 0 Å². The van der Waals surface area contributed by atoms with E-state index >= 15 is 0 Å². The molecule has 0 bridgehead atoms. The first-order valence-electron chi connectivity index (χ1n) is 9.99. The lowest BCUT2D eigenvalue weighted by molar-refractivity contribution is 0.0918. The number of rotatable bonds is 14. The molecule has 0 spiro atoms. The molecule has 0 saturated heterocycles. The molecule has 0 amide bonds. The number of para-hydroxylation sites is 1. The number of hydrogen-bond acceptors (Lipinski definition) is 9. The van der Waals surface area contributed by atoms with Crippen molar-refractivity contribution >= 4 is 5.82 Å². The number of nitrogens with two attached hydrogens (primary N) is 1. The van der Waals surface area contributed by atoms with Crippen LogP contribution in [0, 0.1) is 0 Å². The zero-order valence-corrected chi connectivity index (χ0v) is 17.9. The Hall–Kier alpha value is -2.46. The van der Waals surface area contributed by atoms with Crippen molar-refractivity contribution in [3.05, 3.63) is 42.0 Å². The number of nitrogens with one attached hydrogen (secondary N) is 2. The summed E-state index contributed by atoms with van der Waals surface area (Å²) in [6.45, 7) is 5.59. The molecule has 0 fully saturated rings. The molecule has 166 valence electrons. The summed E-state index contributed by atoms with van der Waals surface area (Å²) >= 11 is 0. The van der Waals surface area contributed by atoms with E-state index in [9.17, 15) is 5.11 Å². The summed E-state index contributed by atoms with van der Waals surface area (Å²) in [5.74, 6) is 6.92. The summed E-state index contributed by atoms with van der Waals surface area (Å²) in [4.78, 5) is 0. The van der Waals surface area contributed by atoms with E-state index in [0.717, 1.165) is 24.2 Å². The van der Waals surface area contributed by atoms with Crippen LogP contribution < -0.4 is 26.1 Å². The van der Waals surface area contributed by atoms with E-state index in [1.165, 1.54) is 0 Å². The van der Waals surface area contributed by atoms with E-state index in [-0.39, 0.29) is 12.1 Å². The highest BCUT2D eigenvalue weighted by molar-refractivity contribution is 5.33. The van der Waals surface area contributed by atoms with Crippen molar-refractivity contribution < 1.29 is 19.3 Å². The molecule has 1 aromatic carbocycles. The monoisotopic (exact) mass is 419 g/mol. The van der Waals surface area contributed by atoms with E-state index < -0.39 is 6.10 Å². The number of β-amino-alcohol motifs (C(OH)–C–C–N with tert-alkyl or cyclic N) is 1. The van der Waals surface area contributed by atoms with Crippen LogP contribution >= 0.6 is 0 Å². The normalized spacial score (nSPS) is 12.4. The van der Waals surface area contributed by atoms with Crippen LogP contribution in [-0.2, 0) is 11.2 Å². The molecule has 1 atom stereocenters. The second-order valence-electron chi connectivity index (χ2n) is 7.62. The van der Waals surface area contributed by atoms with Crippen molar-refractivity contribution in [3.8, 4) is 11.6 Å². The lowest BCUT2D eigenvalue weighted by Gasteiger charge is -2.27. The molecule has 9 nitrogen and oxygen atoms in total. The van der Waals surface area contributed by atoms with Gasteiger partial charge in [0.15, 0.2) is 5.82 Å². The zero-order chi connectivity index (χ0) is 21.8. The topological polar surface area (TPSA) is 124 Å². The number of aliphatic hydroxyl groups is 1. The first kappa shape index (κ1) is 23.8. The van der Waals surface area contributed by atoms with Crippen molar-refractivity contribution in [3.63, 3.8) is 0 Å². The average Bonchev–Trinajstić information content (AvgIpc) is 2.76. The Bertz CT molecular complexity index is 742. The highest BCUT2D eigenvalue weighted by Crippen LogP contribution is 2.20. The molecule has 0 aliphatic heterocycles. The molecule has 0 aliphatic carbocycles. The number of nitrogen functional groups attached to an aromatic ring is 1. The summed E-state index contributed by atoms with van der Waals surface area (Å²) in [7, 11) is 1.70. The smallest absolute Gasteiger partial charge is 0.233 e. The van der Waals surface area contributed by atoms with Crippen molar-refractivity contribution in [2.75, 3.05) is 38.9 Å². The van der Waals surface area contributed by atoms with E-state index in [2.05, 4.69) is 20.9 Å². The number of nitrogens with zero attached hydrogens (tertiary/aromatic N) is 2. The lowest BCUT2D eigenvalue weighted by atomic mass is 10.1. The summed E-state index contributed by atoms with van der Waals surface area (Å²) in [5.41, 5.74) is 3.14. The largest absolute Gasteiger partial charge is 0.491 e. The molecule has 1 heterocycles. The highest BCUT2D eigenvalue weighted by Gasteiger charge is 2.20. The molecule has 0 saturated carbocycles. The van der Waals surface area contributed by atoms with Gasteiger partial charge in [0.1, 0.15) is 25.1 Å². The fourth-order valence-electron chi connectivity index (χ4n) is 2.68. The van der Waals surface area contributed by atoms with Gasteiger partial charge in [-0.3, -0.25) is 0 Å². The van der Waals surface area contributed by atoms with Gasteiger partial charge < -0.3 is 30.1 Å². The third kappa shape index (κ3) is 8.50. The maximum atomic E-state index is 10.3. The predicted octanol–water partition coefficient (Wildman–Crippen LogP) is 1.53. The van der Waals surface area contributed by atoms with Crippen LogP contribution in [-0.4, -0.2) is 60.4 Å². The van der Waals surface area contributed by atoms with Crippen LogP contribution in [0.1, 0.15) is 25.8 Å². The molecule has 0 aliphatic rings. The van der Waals surface area contributed by atoms with Crippen LogP contribution in [0.3, 0.4) is 0 Å². The van der Waals surface area contributed by atoms with Gasteiger partial charge in [-0.15, -0.1) is 10.2 Å². The second-order valence-corrected chi connectivity index (χ2v) is 7.62. The van der Waals surface area contributed by atoms with Crippen LogP contribution in [0.25, 0.3) is 0 Å². The van der Waals surface area contributed by atoms with Gasteiger partial charge in [-0.25, -0.2) is 5.84 Å². The van der Waals surface area contributed by atoms with Crippen molar-refractivity contribution in [2.24, 2.45) is 5.84 Å². The molecule has 9 heteroatoms. The zero-order valence-electron chi connectivity index (χ0n) is 17.9. The standard InChI is InChI=1S/C21H33N5O4/c1-21(2,15-30-20-11-10-19(24-22)25-26-20)23-13-17(27)14-29-18-9-5-4-7-16(18)8-6-12-28-3/h4-5,7,9-11,17,23,27H,6,8,12-15,22H2,1-3H3,(H,24,25). The first-order valence-corrected chi connectivity index (χ1v) is 9.99. The van der Waals surface area contributed by atoms with E-state index in [1.54, 1.807) is 19.2 Å². The fraction of sp³-hybridized carbons (Fsp3) is 0.524. The molecule has 1 aromatic heterocycles. The SMILES string of the molecule is COCCCc1ccccc1OCC(O)CNC(C)(C)COc1ccc(NN)nn1. The summed E-state index contributed by atoms with van der Waals surface area (Å²) < 4.78 is 16.6. The van der Waals surface area contributed by atoms with Gasteiger partial charge in [-0.2, -0.15) is 0 Å². The van der Waals surface area contributed by atoms with Gasteiger partial charge >= 0.3 is 0 Å². The maximum absolute atomic E-state index is 10.3. The van der Waals surface area contributed by atoms with E-state index in [0.29, 0.717) is 31.5 Å². The Labute approximate surface area is 177 Å². The Morgan fingerprint density at radius 2 is 1.93 bits per heavy atom. The second kappa shape index (κ2) is 12.3. The Morgan fingerprint density at radius 1 is 1.13 bits per heavy atom. The highest BCUT2D eigenvalue weighted by atomic mass is 16.5. The van der Waals surface area contributed by atoms with Crippen molar-refractivity contribution in [1.82, 2.24) is 15.5 Å². The van der Waals surface area contributed by atoms with Crippen LogP contribution in [0.5, 0.6) is 11.6 Å². The number of methoxy groups -OCH3 is 1. The predicted molar refractivity (Wildman–Crippen MR) is 116 cm³/mol.